The highest BCUT2D eigenvalue weighted by molar-refractivity contribution is 7.84. The van der Waals surface area contributed by atoms with Gasteiger partial charge in [-0.3, -0.25) is 9.00 Å². The van der Waals surface area contributed by atoms with Gasteiger partial charge in [0, 0.05) is 28.9 Å². The maximum absolute atomic E-state index is 12.9. The number of hydrogen-bond acceptors (Lipinski definition) is 3. The number of halogens is 1. The predicted octanol–water partition coefficient (Wildman–Crippen LogP) is 1.03. The number of carbonyl (C=O) groups excluding carboxylic acids is 1. The van der Waals surface area contributed by atoms with E-state index in [1.165, 1.54) is 6.26 Å². The normalized spacial score (nSPS) is 14.1. The molecule has 6 heteroatoms. The van der Waals surface area contributed by atoms with Gasteiger partial charge in [0.15, 0.2) is 0 Å². The van der Waals surface area contributed by atoms with Gasteiger partial charge in [0.1, 0.15) is 11.6 Å². The molecule has 0 spiro atoms. The molecule has 0 radical (unpaired) electrons. The van der Waals surface area contributed by atoms with Crippen molar-refractivity contribution < 1.29 is 18.5 Å². The lowest BCUT2D eigenvalue weighted by atomic mass is 10.2. The molecule has 17 heavy (non-hydrogen) atoms. The summed E-state index contributed by atoms with van der Waals surface area (Å²) >= 11 is 0. The zero-order chi connectivity index (χ0) is 13.0. The maximum Gasteiger partial charge on any atom is 0.255 e. The van der Waals surface area contributed by atoms with Crippen molar-refractivity contribution in [2.45, 2.75) is 12.2 Å². The molecule has 94 valence electrons. The Morgan fingerprint density at radius 1 is 1.59 bits per heavy atom. The Kier molecular flexibility index (Phi) is 4.62. The van der Waals surface area contributed by atoms with Crippen LogP contribution in [-0.4, -0.2) is 33.3 Å². The van der Waals surface area contributed by atoms with Crippen molar-refractivity contribution in [1.82, 2.24) is 5.32 Å². The Labute approximate surface area is 101 Å². The van der Waals surface area contributed by atoms with Gasteiger partial charge in [-0.2, -0.15) is 0 Å². The van der Waals surface area contributed by atoms with Crippen molar-refractivity contribution in [2.75, 3.05) is 12.8 Å². The lowest BCUT2D eigenvalue weighted by Crippen LogP contribution is -2.32. The van der Waals surface area contributed by atoms with Crippen molar-refractivity contribution in [3.05, 3.63) is 29.6 Å². The summed E-state index contributed by atoms with van der Waals surface area (Å²) in [6, 6.07) is 3.14. The Balaban J connectivity index is 2.70. The van der Waals surface area contributed by atoms with Crippen LogP contribution in [0.15, 0.2) is 18.2 Å². The van der Waals surface area contributed by atoms with Crippen molar-refractivity contribution in [3.8, 4) is 5.75 Å². The standard InChI is InChI=1S/C11H14FNO3S/c1-7(17(2)16)6-13-11(15)9-5-8(12)3-4-10(9)14/h3-5,7,14H,6H2,1-2H3,(H,13,15). The highest BCUT2D eigenvalue weighted by Gasteiger charge is 2.14. The summed E-state index contributed by atoms with van der Waals surface area (Å²) in [6.45, 7) is 1.93. The first-order valence-corrected chi connectivity index (χ1v) is 6.63. The average molecular weight is 259 g/mol. The SMILES string of the molecule is CC(CNC(=O)c1cc(F)ccc1O)S(C)=O. The number of rotatable bonds is 4. The first-order chi connectivity index (χ1) is 7.91. The van der Waals surface area contributed by atoms with Crippen LogP contribution in [0, 0.1) is 5.82 Å². The molecule has 2 N–H and O–H groups in total. The molecule has 4 nitrogen and oxygen atoms in total. The summed E-state index contributed by atoms with van der Waals surface area (Å²) in [4.78, 5) is 11.6. The van der Waals surface area contributed by atoms with Gasteiger partial charge in [0.2, 0.25) is 0 Å². The van der Waals surface area contributed by atoms with Gasteiger partial charge in [0.25, 0.3) is 5.91 Å². The van der Waals surface area contributed by atoms with Gasteiger partial charge in [-0.15, -0.1) is 0 Å². The summed E-state index contributed by atoms with van der Waals surface area (Å²) in [5.74, 6) is -1.46. The lowest BCUT2D eigenvalue weighted by molar-refractivity contribution is 0.0951. The van der Waals surface area contributed by atoms with Crippen LogP contribution in [0.2, 0.25) is 0 Å². The number of benzene rings is 1. The van der Waals surface area contributed by atoms with E-state index in [9.17, 15) is 18.5 Å². The van der Waals surface area contributed by atoms with Crippen molar-refractivity contribution in [2.24, 2.45) is 0 Å². The Morgan fingerprint density at radius 3 is 2.82 bits per heavy atom. The summed E-state index contributed by atoms with van der Waals surface area (Å²) in [5, 5.41) is 11.7. The minimum absolute atomic E-state index is 0.126. The van der Waals surface area contributed by atoms with Gasteiger partial charge >= 0.3 is 0 Å². The number of amides is 1. The summed E-state index contributed by atoms with van der Waals surface area (Å²) in [5.41, 5.74) is -0.126. The first kappa shape index (κ1) is 13.6. The van der Waals surface area contributed by atoms with Crippen molar-refractivity contribution >= 4 is 16.7 Å². The molecule has 0 aliphatic heterocycles. The molecule has 1 amide bonds. The molecular weight excluding hydrogens is 245 g/mol. The van der Waals surface area contributed by atoms with Crippen LogP contribution in [0.5, 0.6) is 5.75 Å². The molecule has 0 aliphatic carbocycles. The van der Waals surface area contributed by atoms with Gasteiger partial charge in [-0.25, -0.2) is 4.39 Å². The maximum atomic E-state index is 12.9. The smallest absolute Gasteiger partial charge is 0.255 e. The van der Waals surface area contributed by atoms with Gasteiger partial charge in [-0.1, -0.05) is 0 Å². The molecule has 0 saturated heterocycles. The number of nitrogens with one attached hydrogen (secondary N) is 1. The molecule has 0 fully saturated rings. The van der Waals surface area contributed by atoms with Crippen LogP contribution in [0.4, 0.5) is 4.39 Å². The molecular formula is C11H14FNO3S. The zero-order valence-corrected chi connectivity index (χ0v) is 10.4. The van der Waals surface area contributed by atoms with Crippen LogP contribution >= 0.6 is 0 Å². The quantitative estimate of drug-likeness (QED) is 0.848. The van der Waals surface area contributed by atoms with Crippen molar-refractivity contribution in [3.63, 3.8) is 0 Å². The highest BCUT2D eigenvalue weighted by atomic mass is 32.2. The van der Waals surface area contributed by atoms with E-state index in [-0.39, 0.29) is 23.1 Å². The molecule has 0 bridgehead atoms. The lowest BCUT2D eigenvalue weighted by Gasteiger charge is -2.10. The van der Waals surface area contributed by atoms with E-state index in [1.807, 2.05) is 0 Å². The molecule has 0 aromatic heterocycles. The molecule has 1 aromatic rings. The molecule has 1 aromatic carbocycles. The number of aromatic hydroxyl groups is 1. The van der Waals surface area contributed by atoms with Crippen LogP contribution < -0.4 is 5.32 Å². The largest absolute Gasteiger partial charge is 0.507 e. The second kappa shape index (κ2) is 5.77. The van der Waals surface area contributed by atoms with E-state index >= 15 is 0 Å². The molecule has 0 heterocycles. The number of hydrogen-bond donors (Lipinski definition) is 2. The Morgan fingerprint density at radius 2 is 2.24 bits per heavy atom. The van der Waals surface area contributed by atoms with Crippen LogP contribution in [0.1, 0.15) is 17.3 Å². The third-order valence-corrected chi connectivity index (χ3v) is 3.62. The Bertz CT molecular complexity index is 450. The second-order valence-corrected chi connectivity index (χ2v) is 5.48. The minimum Gasteiger partial charge on any atom is -0.507 e. The molecule has 0 aliphatic rings. The van der Waals surface area contributed by atoms with E-state index in [2.05, 4.69) is 5.32 Å². The highest BCUT2D eigenvalue weighted by Crippen LogP contribution is 2.17. The van der Waals surface area contributed by atoms with E-state index < -0.39 is 22.5 Å². The predicted molar refractivity (Wildman–Crippen MR) is 63.9 cm³/mol. The van der Waals surface area contributed by atoms with E-state index in [4.69, 9.17) is 0 Å². The van der Waals surface area contributed by atoms with Gasteiger partial charge < -0.3 is 10.4 Å². The van der Waals surface area contributed by atoms with E-state index in [0.717, 1.165) is 18.2 Å². The third kappa shape index (κ3) is 3.81. The number of phenolic OH excluding ortho intramolecular Hbond substituents is 1. The van der Waals surface area contributed by atoms with Crippen LogP contribution in [-0.2, 0) is 10.8 Å². The fourth-order valence-corrected chi connectivity index (χ4v) is 1.46. The number of carbonyl (C=O) groups is 1. The third-order valence-electron chi connectivity index (χ3n) is 2.32. The first-order valence-electron chi connectivity index (χ1n) is 5.00. The van der Waals surface area contributed by atoms with Crippen LogP contribution in [0.25, 0.3) is 0 Å². The van der Waals surface area contributed by atoms with Gasteiger partial charge in [0.05, 0.1) is 5.56 Å². The fraction of sp³-hybridized carbons (Fsp3) is 0.364. The fourth-order valence-electron chi connectivity index (χ4n) is 1.14. The average Bonchev–Trinajstić information content (AvgIpc) is 2.28. The Hall–Kier alpha value is -1.43. The summed E-state index contributed by atoms with van der Waals surface area (Å²) in [7, 11) is -1.04. The zero-order valence-electron chi connectivity index (χ0n) is 9.57. The molecule has 0 saturated carbocycles. The molecule has 2 atom stereocenters. The number of phenols is 1. The molecule has 2 unspecified atom stereocenters. The summed E-state index contributed by atoms with van der Waals surface area (Å²) < 4.78 is 24.0. The minimum atomic E-state index is -1.04. The summed E-state index contributed by atoms with van der Waals surface area (Å²) in [6.07, 6.45) is 1.54. The topological polar surface area (TPSA) is 66.4 Å². The van der Waals surface area contributed by atoms with E-state index in [1.54, 1.807) is 6.92 Å². The second-order valence-electron chi connectivity index (χ2n) is 3.68. The van der Waals surface area contributed by atoms with E-state index in [0.29, 0.717) is 0 Å². The monoisotopic (exact) mass is 259 g/mol. The molecule has 1 rings (SSSR count). The van der Waals surface area contributed by atoms with Gasteiger partial charge in [-0.05, 0) is 25.1 Å². The van der Waals surface area contributed by atoms with Crippen LogP contribution in [0.3, 0.4) is 0 Å². The van der Waals surface area contributed by atoms with Crippen molar-refractivity contribution in [1.29, 1.82) is 0 Å².